The van der Waals surface area contributed by atoms with Crippen LogP contribution in [0.5, 0.6) is 0 Å². The van der Waals surface area contributed by atoms with Gasteiger partial charge in [-0.25, -0.2) is 4.98 Å². The summed E-state index contributed by atoms with van der Waals surface area (Å²) in [4.78, 5) is 29.6. The van der Waals surface area contributed by atoms with Crippen molar-refractivity contribution < 1.29 is 4.79 Å². The number of nitrogens with one attached hydrogen (secondary N) is 2. The lowest BCUT2D eigenvalue weighted by atomic mass is 10.1. The fraction of sp³-hybridized carbons (Fsp3) is 0.125. The molecular formula is C24H21ClN4O2. The summed E-state index contributed by atoms with van der Waals surface area (Å²) < 4.78 is 1.40. The number of carbonyl (C=O) groups is 1. The predicted octanol–water partition coefficient (Wildman–Crippen LogP) is 4.20. The Morgan fingerprint density at radius 3 is 2.61 bits per heavy atom. The van der Waals surface area contributed by atoms with Crippen LogP contribution >= 0.6 is 11.6 Å². The molecule has 0 saturated heterocycles. The summed E-state index contributed by atoms with van der Waals surface area (Å²) in [5.74, 6) is -0.176. The first-order valence-corrected chi connectivity index (χ1v) is 10.2. The highest BCUT2D eigenvalue weighted by Gasteiger charge is 2.11. The number of carbonyl (C=O) groups excluding carboxylic acids is 1. The van der Waals surface area contributed by atoms with Gasteiger partial charge in [-0.1, -0.05) is 53.6 Å². The average Bonchev–Trinajstić information content (AvgIpc) is 2.78. The number of para-hydroxylation sites is 1. The van der Waals surface area contributed by atoms with E-state index in [1.807, 2.05) is 49.4 Å². The van der Waals surface area contributed by atoms with Crippen molar-refractivity contribution in [2.75, 3.05) is 5.32 Å². The second kappa shape index (κ2) is 9.02. The number of rotatable bonds is 6. The van der Waals surface area contributed by atoms with Crippen molar-refractivity contribution in [3.8, 4) is 0 Å². The molecule has 2 aromatic carbocycles. The van der Waals surface area contributed by atoms with Crippen molar-refractivity contribution in [3.63, 3.8) is 0 Å². The molecular weight excluding hydrogens is 412 g/mol. The number of amides is 1. The van der Waals surface area contributed by atoms with Gasteiger partial charge in [-0.15, -0.1) is 0 Å². The van der Waals surface area contributed by atoms with E-state index in [4.69, 9.17) is 11.6 Å². The lowest BCUT2D eigenvalue weighted by Crippen LogP contribution is -2.24. The fourth-order valence-electron chi connectivity index (χ4n) is 3.22. The Kier molecular flexibility index (Phi) is 6.00. The highest BCUT2D eigenvalue weighted by Crippen LogP contribution is 2.16. The number of anilines is 1. The minimum atomic E-state index is -0.214. The zero-order valence-electron chi connectivity index (χ0n) is 16.9. The van der Waals surface area contributed by atoms with E-state index in [-0.39, 0.29) is 11.5 Å². The third kappa shape index (κ3) is 4.92. The van der Waals surface area contributed by atoms with Gasteiger partial charge in [0.05, 0.1) is 22.8 Å². The number of pyridine rings is 1. The Morgan fingerprint density at radius 2 is 1.81 bits per heavy atom. The summed E-state index contributed by atoms with van der Waals surface area (Å²) in [6.45, 7) is 2.77. The summed E-state index contributed by atoms with van der Waals surface area (Å²) in [7, 11) is 0. The highest BCUT2D eigenvalue weighted by atomic mass is 35.5. The molecule has 4 rings (SSSR count). The lowest BCUT2D eigenvalue weighted by molar-refractivity contribution is 0.0951. The number of benzene rings is 2. The number of fused-ring (bicyclic) bond motifs is 1. The standard InChI is InChI=1S/C24H21ClN4O2/c1-16-6-8-17(9-7-16)13-27-24(31)20-4-2-3-5-21(20)26-14-19-12-23(30)29-15-18(25)10-11-22(29)28-19/h2-12,15,26H,13-14H2,1H3,(H,27,31). The molecule has 2 heterocycles. The predicted molar refractivity (Wildman–Crippen MR) is 123 cm³/mol. The van der Waals surface area contributed by atoms with Gasteiger partial charge in [-0.05, 0) is 36.8 Å². The van der Waals surface area contributed by atoms with Crippen molar-refractivity contribution in [1.82, 2.24) is 14.7 Å². The van der Waals surface area contributed by atoms with Gasteiger partial charge in [0.15, 0.2) is 0 Å². The van der Waals surface area contributed by atoms with Crippen LogP contribution in [0.4, 0.5) is 5.69 Å². The number of hydrogen-bond donors (Lipinski definition) is 2. The number of hydrogen-bond acceptors (Lipinski definition) is 4. The van der Waals surface area contributed by atoms with Crippen LogP contribution < -0.4 is 16.2 Å². The van der Waals surface area contributed by atoms with Gasteiger partial charge in [0.25, 0.3) is 11.5 Å². The number of halogens is 1. The molecule has 31 heavy (non-hydrogen) atoms. The van der Waals surface area contributed by atoms with E-state index < -0.39 is 0 Å². The number of aromatic nitrogens is 2. The molecule has 0 aliphatic heterocycles. The van der Waals surface area contributed by atoms with Crippen LogP contribution in [0.2, 0.25) is 5.02 Å². The zero-order valence-corrected chi connectivity index (χ0v) is 17.7. The molecule has 0 spiro atoms. The average molecular weight is 433 g/mol. The monoisotopic (exact) mass is 432 g/mol. The van der Waals surface area contributed by atoms with Gasteiger partial charge in [0.1, 0.15) is 5.65 Å². The van der Waals surface area contributed by atoms with E-state index in [1.165, 1.54) is 22.2 Å². The van der Waals surface area contributed by atoms with Crippen LogP contribution in [0.25, 0.3) is 5.65 Å². The van der Waals surface area contributed by atoms with Crippen molar-refractivity contribution in [2.24, 2.45) is 0 Å². The molecule has 0 aliphatic carbocycles. The molecule has 156 valence electrons. The minimum absolute atomic E-state index is 0.176. The van der Waals surface area contributed by atoms with Crippen LogP contribution in [0.1, 0.15) is 27.2 Å². The van der Waals surface area contributed by atoms with E-state index >= 15 is 0 Å². The third-order valence-electron chi connectivity index (χ3n) is 4.88. The van der Waals surface area contributed by atoms with E-state index in [0.717, 1.165) is 5.56 Å². The van der Waals surface area contributed by atoms with Gasteiger partial charge in [0, 0.05) is 24.5 Å². The van der Waals surface area contributed by atoms with Gasteiger partial charge in [0.2, 0.25) is 0 Å². The Labute approximate surface area is 184 Å². The van der Waals surface area contributed by atoms with Crippen LogP contribution in [0, 0.1) is 6.92 Å². The zero-order chi connectivity index (χ0) is 21.8. The Morgan fingerprint density at radius 1 is 1.03 bits per heavy atom. The molecule has 2 N–H and O–H groups in total. The quantitative estimate of drug-likeness (QED) is 0.479. The number of nitrogens with zero attached hydrogens (tertiary/aromatic N) is 2. The maximum absolute atomic E-state index is 12.7. The molecule has 7 heteroatoms. The summed E-state index contributed by atoms with van der Waals surface area (Å²) in [6, 6.07) is 20.1. The molecule has 4 aromatic rings. The largest absolute Gasteiger partial charge is 0.379 e. The van der Waals surface area contributed by atoms with Crippen LogP contribution in [0.3, 0.4) is 0 Å². The Hall–Kier alpha value is -3.64. The molecule has 0 fully saturated rings. The molecule has 1 amide bonds. The van der Waals surface area contributed by atoms with Crippen molar-refractivity contribution >= 4 is 28.8 Å². The maximum Gasteiger partial charge on any atom is 0.258 e. The molecule has 0 atom stereocenters. The molecule has 0 saturated carbocycles. The summed E-state index contributed by atoms with van der Waals surface area (Å²) in [5, 5.41) is 6.64. The van der Waals surface area contributed by atoms with E-state index in [2.05, 4.69) is 15.6 Å². The third-order valence-corrected chi connectivity index (χ3v) is 5.11. The lowest BCUT2D eigenvalue weighted by Gasteiger charge is -2.12. The summed E-state index contributed by atoms with van der Waals surface area (Å²) in [6.07, 6.45) is 1.54. The molecule has 2 aromatic heterocycles. The van der Waals surface area contributed by atoms with Crippen LogP contribution in [0.15, 0.2) is 77.7 Å². The second-order valence-corrected chi connectivity index (χ2v) is 7.67. The van der Waals surface area contributed by atoms with Gasteiger partial charge >= 0.3 is 0 Å². The van der Waals surface area contributed by atoms with E-state index in [9.17, 15) is 9.59 Å². The minimum Gasteiger partial charge on any atom is -0.379 e. The van der Waals surface area contributed by atoms with Crippen LogP contribution in [-0.2, 0) is 13.1 Å². The molecule has 0 bridgehead atoms. The van der Waals surface area contributed by atoms with E-state index in [1.54, 1.807) is 18.2 Å². The number of aryl methyl sites for hydroxylation is 1. The smallest absolute Gasteiger partial charge is 0.258 e. The summed E-state index contributed by atoms with van der Waals surface area (Å²) >= 11 is 5.95. The Bertz CT molecular complexity index is 1300. The normalized spacial score (nSPS) is 10.8. The van der Waals surface area contributed by atoms with Gasteiger partial charge < -0.3 is 10.6 Å². The van der Waals surface area contributed by atoms with Crippen molar-refractivity contribution in [1.29, 1.82) is 0 Å². The van der Waals surface area contributed by atoms with Crippen LogP contribution in [-0.4, -0.2) is 15.3 Å². The van der Waals surface area contributed by atoms with Gasteiger partial charge in [-0.2, -0.15) is 0 Å². The first-order valence-electron chi connectivity index (χ1n) is 9.84. The molecule has 0 aliphatic rings. The fourth-order valence-corrected chi connectivity index (χ4v) is 3.38. The van der Waals surface area contributed by atoms with Crippen molar-refractivity contribution in [3.05, 3.63) is 111 Å². The highest BCUT2D eigenvalue weighted by molar-refractivity contribution is 6.30. The first-order chi connectivity index (χ1) is 15.0. The Balaban J connectivity index is 1.48. The molecule has 6 nitrogen and oxygen atoms in total. The molecule has 0 radical (unpaired) electrons. The second-order valence-electron chi connectivity index (χ2n) is 7.23. The maximum atomic E-state index is 12.7. The van der Waals surface area contributed by atoms with Gasteiger partial charge in [-0.3, -0.25) is 14.0 Å². The molecule has 0 unspecified atom stereocenters. The van der Waals surface area contributed by atoms with E-state index in [0.29, 0.717) is 40.7 Å². The first kappa shape index (κ1) is 20.6. The SMILES string of the molecule is Cc1ccc(CNC(=O)c2ccccc2NCc2cc(=O)n3cc(Cl)ccc3n2)cc1. The topological polar surface area (TPSA) is 75.5 Å². The van der Waals surface area contributed by atoms with Crippen molar-refractivity contribution in [2.45, 2.75) is 20.0 Å². The summed E-state index contributed by atoms with van der Waals surface area (Å²) in [5.41, 5.74) is 4.27.